The van der Waals surface area contributed by atoms with Crippen molar-refractivity contribution >= 4 is 27.5 Å². The molecule has 0 spiro atoms. The van der Waals surface area contributed by atoms with Gasteiger partial charge in [-0.3, -0.25) is 11.3 Å². The highest BCUT2D eigenvalue weighted by molar-refractivity contribution is 9.10. The van der Waals surface area contributed by atoms with Crippen LogP contribution in [0, 0.1) is 0 Å². The van der Waals surface area contributed by atoms with Gasteiger partial charge in [-0.05, 0) is 37.1 Å². The number of nitrogens with two attached hydrogens (primary N) is 1. The molecule has 13 heavy (non-hydrogen) atoms. The molecule has 0 aliphatic carbocycles. The fourth-order valence-electron chi connectivity index (χ4n) is 1.09. The molecular formula is C9H12BrClN2. The van der Waals surface area contributed by atoms with E-state index in [1.54, 1.807) is 0 Å². The topological polar surface area (TPSA) is 38.0 Å². The molecule has 3 N–H and O–H groups in total. The van der Waals surface area contributed by atoms with Gasteiger partial charge in [0.2, 0.25) is 0 Å². The van der Waals surface area contributed by atoms with Crippen molar-refractivity contribution in [3.05, 3.63) is 33.3 Å². The van der Waals surface area contributed by atoms with Gasteiger partial charge in [0.05, 0.1) is 0 Å². The minimum atomic E-state index is 0.245. The van der Waals surface area contributed by atoms with Crippen molar-refractivity contribution in [2.24, 2.45) is 5.84 Å². The standard InChI is InChI=1S/C9H12BrClN2/c1-6(13-12)4-7-5-8(11)2-3-9(7)10/h2-3,5-6,13H,4,12H2,1H3. The van der Waals surface area contributed by atoms with Crippen molar-refractivity contribution in [2.45, 2.75) is 19.4 Å². The molecule has 1 rings (SSSR count). The lowest BCUT2D eigenvalue weighted by molar-refractivity contribution is 0.567. The molecule has 1 unspecified atom stereocenters. The van der Waals surface area contributed by atoms with Gasteiger partial charge in [0.1, 0.15) is 0 Å². The molecule has 1 aromatic rings. The van der Waals surface area contributed by atoms with Crippen molar-refractivity contribution in [1.82, 2.24) is 5.43 Å². The van der Waals surface area contributed by atoms with Crippen LogP contribution in [0.3, 0.4) is 0 Å². The zero-order valence-electron chi connectivity index (χ0n) is 7.35. The lowest BCUT2D eigenvalue weighted by atomic mass is 10.1. The van der Waals surface area contributed by atoms with Crippen molar-refractivity contribution < 1.29 is 0 Å². The highest BCUT2D eigenvalue weighted by Gasteiger charge is 2.05. The van der Waals surface area contributed by atoms with Gasteiger partial charge in [0.15, 0.2) is 0 Å². The van der Waals surface area contributed by atoms with E-state index in [0.717, 1.165) is 21.5 Å². The molecule has 1 atom stereocenters. The zero-order valence-corrected chi connectivity index (χ0v) is 9.69. The maximum Gasteiger partial charge on any atom is 0.0409 e. The fourth-order valence-corrected chi connectivity index (χ4v) is 1.69. The number of hydrazine groups is 1. The first-order valence-corrected chi connectivity index (χ1v) is 5.20. The Bertz CT molecular complexity index is 291. The molecule has 0 aliphatic rings. The van der Waals surface area contributed by atoms with Gasteiger partial charge in [-0.25, -0.2) is 0 Å². The summed E-state index contributed by atoms with van der Waals surface area (Å²) in [5.74, 6) is 5.31. The number of benzene rings is 1. The van der Waals surface area contributed by atoms with E-state index in [0.29, 0.717) is 0 Å². The van der Waals surface area contributed by atoms with Gasteiger partial charge in [0.25, 0.3) is 0 Å². The van der Waals surface area contributed by atoms with Crippen LogP contribution >= 0.6 is 27.5 Å². The van der Waals surface area contributed by atoms with Crippen LogP contribution in [0.4, 0.5) is 0 Å². The average Bonchev–Trinajstić information content (AvgIpc) is 2.11. The van der Waals surface area contributed by atoms with Gasteiger partial charge in [-0.2, -0.15) is 0 Å². The smallest absolute Gasteiger partial charge is 0.0409 e. The molecule has 0 amide bonds. The van der Waals surface area contributed by atoms with Crippen LogP contribution in [0.25, 0.3) is 0 Å². The summed E-state index contributed by atoms with van der Waals surface area (Å²) < 4.78 is 1.07. The quantitative estimate of drug-likeness (QED) is 0.649. The van der Waals surface area contributed by atoms with Crippen LogP contribution in [-0.4, -0.2) is 6.04 Å². The Labute approximate surface area is 91.6 Å². The number of nitrogens with one attached hydrogen (secondary N) is 1. The monoisotopic (exact) mass is 262 g/mol. The van der Waals surface area contributed by atoms with E-state index < -0.39 is 0 Å². The molecular weight excluding hydrogens is 251 g/mol. The summed E-state index contributed by atoms with van der Waals surface area (Å²) in [5, 5.41) is 0.752. The molecule has 0 radical (unpaired) electrons. The van der Waals surface area contributed by atoms with Gasteiger partial charge in [-0.15, -0.1) is 0 Å². The van der Waals surface area contributed by atoms with Crippen LogP contribution in [0.1, 0.15) is 12.5 Å². The minimum absolute atomic E-state index is 0.245. The summed E-state index contributed by atoms with van der Waals surface area (Å²) in [4.78, 5) is 0. The zero-order chi connectivity index (χ0) is 9.84. The Morgan fingerprint density at radius 2 is 2.31 bits per heavy atom. The third-order valence-corrected chi connectivity index (χ3v) is 2.83. The highest BCUT2D eigenvalue weighted by atomic mass is 79.9. The molecule has 0 heterocycles. The Hall–Kier alpha value is -0.0900. The van der Waals surface area contributed by atoms with E-state index in [2.05, 4.69) is 21.4 Å². The molecule has 0 bridgehead atoms. The van der Waals surface area contributed by atoms with Crippen molar-refractivity contribution in [3.8, 4) is 0 Å². The summed E-state index contributed by atoms with van der Waals surface area (Å²) in [7, 11) is 0. The minimum Gasteiger partial charge on any atom is -0.271 e. The predicted octanol–water partition coefficient (Wildman–Crippen LogP) is 2.50. The van der Waals surface area contributed by atoms with Crippen molar-refractivity contribution in [1.29, 1.82) is 0 Å². The second-order valence-corrected chi connectivity index (χ2v) is 4.30. The maximum atomic E-state index is 5.87. The van der Waals surface area contributed by atoms with Gasteiger partial charge in [-0.1, -0.05) is 27.5 Å². The highest BCUT2D eigenvalue weighted by Crippen LogP contribution is 2.22. The van der Waals surface area contributed by atoms with E-state index in [-0.39, 0.29) is 6.04 Å². The number of halogens is 2. The molecule has 0 aromatic heterocycles. The van der Waals surface area contributed by atoms with E-state index in [1.807, 2.05) is 25.1 Å². The normalized spacial score (nSPS) is 12.9. The lowest BCUT2D eigenvalue weighted by Gasteiger charge is -2.11. The van der Waals surface area contributed by atoms with E-state index in [4.69, 9.17) is 17.4 Å². The number of hydrogen-bond donors (Lipinski definition) is 2. The van der Waals surface area contributed by atoms with Gasteiger partial charge < -0.3 is 0 Å². The molecule has 2 nitrogen and oxygen atoms in total. The second kappa shape index (κ2) is 4.96. The first kappa shape index (κ1) is 11.0. The van der Waals surface area contributed by atoms with E-state index >= 15 is 0 Å². The van der Waals surface area contributed by atoms with Crippen LogP contribution in [0.2, 0.25) is 5.02 Å². The predicted molar refractivity (Wildman–Crippen MR) is 59.6 cm³/mol. The maximum absolute atomic E-state index is 5.87. The summed E-state index contributed by atoms with van der Waals surface area (Å²) >= 11 is 9.33. The Kier molecular flexibility index (Phi) is 4.19. The number of hydrogen-bond acceptors (Lipinski definition) is 2. The first-order valence-electron chi connectivity index (χ1n) is 4.03. The van der Waals surface area contributed by atoms with Crippen molar-refractivity contribution in [3.63, 3.8) is 0 Å². The van der Waals surface area contributed by atoms with Crippen LogP contribution in [0.15, 0.2) is 22.7 Å². The van der Waals surface area contributed by atoms with Crippen LogP contribution < -0.4 is 11.3 Å². The molecule has 0 saturated heterocycles. The molecule has 0 fully saturated rings. The summed E-state index contributed by atoms with van der Waals surface area (Å²) in [6, 6.07) is 5.99. The van der Waals surface area contributed by atoms with Crippen LogP contribution in [0.5, 0.6) is 0 Å². The fraction of sp³-hybridized carbons (Fsp3) is 0.333. The Balaban J connectivity index is 2.81. The average molecular weight is 264 g/mol. The molecule has 4 heteroatoms. The largest absolute Gasteiger partial charge is 0.271 e. The van der Waals surface area contributed by atoms with Gasteiger partial charge in [0, 0.05) is 15.5 Å². The van der Waals surface area contributed by atoms with Crippen molar-refractivity contribution in [2.75, 3.05) is 0 Å². The molecule has 0 saturated carbocycles. The third kappa shape index (κ3) is 3.27. The Morgan fingerprint density at radius 3 is 2.92 bits per heavy atom. The molecule has 0 aliphatic heterocycles. The Morgan fingerprint density at radius 1 is 1.62 bits per heavy atom. The summed E-state index contributed by atoms with van der Waals surface area (Å²) in [6.07, 6.45) is 0.859. The van der Waals surface area contributed by atoms with E-state index in [9.17, 15) is 0 Å². The second-order valence-electron chi connectivity index (χ2n) is 3.01. The third-order valence-electron chi connectivity index (χ3n) is 1.82. The van der Waals surface area contributed by atoms with Gasteiger partial charge >= 0.3 is 0 Å². The lowest BCUT2D eigenvalue weighted by Crippen LogP contribution is -2.34. The number of rotatable bonds is 3. The SMILES string of the molecule is CC(Cc1cc(Cl)ccc1Br)NN. The van der Waals surface area contributed by atoms with Crippen LogP contribution in [-0.2, 0) is 6.42 Å². The summed E-state index contributed by atoms with van der Waals surface area (Å²) in [5.41, 5.74) is 3.86. The first-order chi connectivity index (χ1) is 6.13. The summed E-state index contributed by atoms with van der Waals surface area (Å²) in [6.45, 7) is 2.02. The van der Waals surface area contributed by atoms with E-state index in [1.165, 1.54) is 0 Å². The molecule has 1 aromatic carbocycles. The molecule has 72 valence electrons.